The van der Waals surface area contributed by atoms with Crippen molar-refractivity contribution in [3.05, 3.63) is 41.3 Å². The van der Waals surface area contributed by atoms with E-state index >= 15 is 0 Å². The summed E-state index contributed by atoms with van der Waals surface area (Å²) in [5.41, 5.74) is 2.47. The Balaban J connectivity index is 2.01. The Morgan fingerprint density at radius 1 is 1.10 bits per heavy atom. The molecule has 1 aromatic carbocycles. The number of nitrogens with zero attached hydrogens (tertiary/aromatic N) is 5. The zero-order valence-corrected chi connectivity index (χ0v) is 10.9. The number of carbonyl (C=O) groups excluding carboxylic acids is 1. The standard InChI is InChI=1S/C14H11N5O/c1-2-5-10-16-17-14-15-11-8-6-3-4-7-9(8)13(20)12(11)18-19(10)14/h3-4,6-7H,2,5H2,1H3. The van der Waals surface area contributed by atoms with E-state index in [9.17, 15) is 4.79 Å². The third-order valence-electron chi connectivity index (χ3n) is 3.44. The first-order chi connectivity index (χ1) is 9.79. The maximum Gasteiger partial charge on any atom is 0.272 e. The summed E-state index contributed by atoms with van der Waals surface area (Å²) in [6.45, 7) is 2.06. The molecule has 2 aromatic heterocycles. The van der Waals surface area contributed by atoms with Crippen LogP contribution in [-0.2, 0) is 6.42 Å². The van der Waals surface area contributed by atoms with Gasteiger partial charge in [-0.3, -0.25) is 4.79 Å². The van der Waals surface area contributed by atoms with Crippen LogP contribution in [0, 0.1) is 0 Å². The highest BCUT2D eigenvalue weighted by atomic mass is 16.1. The summed E-state index contributed by atoms with van der Waals surface area (Å²) in [6.07, 6.45) is 1.70. The van der Waals surface area contributed by atoms with E-state index in [1.54, 1.807) is 10.6 Å². The largest absolute Gasteiger partial charge is 0.287 e. The average Bonchev–Trinajstić information content (AvgIpc) is 2.99. The van der Waals surface area contributed by atoms with E-state index < -0.39 is 0 Å². The van der Waals surface area contributed by atoms with Crippen molar-refractivity contribution >= 4 is 11.6 Å². The third kappa shape index (κ3) is 1.36. The number of ketones is 1. The number of fused-ring (bicyclic) bond motifs is 4. The molecular formula is C14H11N5O. The van der Waals surface area contributed by atoms with Gasteiger partial charge in [0.2, 0.25) is 5.78 Å². The second-order valence-corrected chi connectivity index (χ2v) is 4.76. The Hall–Kier alpha value is -2.63. The van der Waals surface area contributed by atoms with Gasteiger partial charge in [-0.1, -0.05) is 31.2 Å². The molecule has 0 saturated heterocycles. The minimum atomic E-state index is -0.0823. The summed E-state index contributed by atoms with van der Waals surface area (Å²) in [6, 6.07) is 7.42. The lowest BCUT2D eigenvalue weighted by molar-refractivity contribution is 0.103. The summed E-state index contributed by atoms with van der Waals surface area (Å²) in [5, 5.41) is 12.5. The molecule has 6 heteroatoms. The number of benzene rings is 1. The minimum Gasteiger partial charge on any atom is -0.287 e. The number of aryl methyl sites for hydroxylation is 1. The first-order valence-corrected chi connectivity index (χ1v) is 6.56. The second kappa shape index (κ2) is 3.93. The number of aromatic nitrogens is 5. The van der Waals surface area contributed by atoms with Crippen LogP contribution in [0.5, 0.6) is 0 Å². The zero-order valence-electron chi connectivity index (χ0n) is 10.9. The highest BCUT2D eigenvalue weighted by molar-refractivity contribution is 6.19. The topological polar surface area (TPSA) is 73.0 Å². The molecule has 0 spiro atoms. The Kier molecular flexibility index (Phi) is 2.20. The highest BCUT2D eigenvalue weighted by Gasteiger charge is 2.30. The smallest absolute Gasteiger partial charge is 0.272 e. The van der Waals surface area contributed by atoms with Crippen LogP contribution in [0.25, 0.3) is 17.0 Å². The third-order valence-corrected chi connectivity index (χ3v) is 3.44. The Morgan fingerprint density at radius 3 is 2.70 bits per heavy atom. The molecule has 0 fully saturated rings. The fourth-order valence-electron chi connectivity index (χ4n) is 2.51. The van der Waals surface area contributed by atoms with E-state index in [1.807, 2.05) is 18.2 Å². The SMILES string of the molecule is CCCc1nnc2nc3c(nn12)C(=O)c1ccccc1-3. The molecule has 0 aliphatic heterocycles. The van der Waals surface area contributed by atoms with Gasteiger partial charge in [-0.05, 0) is 6.42 Å². The predicted molar refractivity (Wildman–Crippen MR) is 71.4 cm³/mol. The molecule has 6 nitrogen and oxygen atoms in total. The summed E-state index contributed by atoms with van der Waals surface area (Å²) < 4.78 is 1.58. The van der Waals surface area contributed by atoms with Gasteiger partial charge in [0, 0.05) is 17.5 Å². The van der Waals surface area contributed by atoms with E-state index in [1.165, 1.54) is 0 Å². The maximum atomic E-state index is 12.4. The van der Waals surface area contributed by atoms with Crippen molar-refractivity contribution < 1.29 is 4.79 Å². The lowest BCUT2D eigenvalue weighted by Gasteiger charge is -2.00. The molecule has 0 bridgehead atoms. The van der Waals surface area contributed by atoms with E-state index in [0.717, 1.165) is 24.2 Å². The van der Waals surface area contributed by atoms with Gasteiger partial charge in [-0.2, -0.15) is 9.61 Å². The summed E-state index contributed by atoms with van der Waals surface area (Å²) in [4.78, 5) is 16.8. The van der Waals surface area contributed by atoms with Gasteiger partial charge in [-0.25, -0.2) is 4.98 Å². The van der Waals surface area contributed by atoms with E-state index in [0.29, 0.717) is 22.7 Å². The molecule has 1 aliphatic carbocycles. The molecule has 20 heavy (non-hydrogen) atoms. The van der Waals surface area contributed by atoms with Crippen LogP contribution in [-0.4, -0.2) is 30.6 Å². The first kappa shape index (κ1) is 11.2. The Morgan fingerprint density at radius 2 is 1.90 bits per heavy atom. The fraction of sp³-hybridized carbons (Fsp3) is 0.214. The van der Waals surface area contributed by atoms with E-state index in [2.05, 4.69) is 27.2 Å². The van der Waals surface area contributed by atoms with Crippen LogP contribution in [0.3, 0.4) is 0 Å². The van der Waals surface area contributed by atoms with Gasteiger partial charge in [0.1, 0.15) is 5.69 Å². The maximum absolute atomic E-state index is 12.4. The van der Waals surface area contributed by atoms with Crippen molar-refractivity contribution in [3.8, 4) is 11.3 Å². The number of rotatable bonds is 2. The van der Waals surface area contributed by atoms with Crippen LogP contribution in [0.4, 0.5) is 0 Å². The van der Waals surface area contributed by atoms with Gasteiger partial charge >= 0.3 is 0 Å². The van der Waals surface area contributed by atoms with E-state index in [4.69, 9.17) is 0 Å². The second-order valence-electron chi connectivity index (χ2n) is 4.76. The number of hydrogen-bond donors (Lipinski definition) is 0. The van der Waals surface area contributed by atoms with Crippen LogP contribution in [0.15, 0.2) is 24.3 Å². The van der Waals surface area contributed by atoms with Gasteiger partial charge in [0.25, 0.3) is 5.78 Å². The van der Waals surface area contributed by atoms with Crippen molar-refractivity contribution in [2.45, 2.75) is 19.8 Å². The molecule has 0 saturated carbocycles. The molecule has 0 unspecified atom stereocenters. The highest BCUT2D eigenvalue weighted by Crippen LogP contribution is 2.33. The lowest BCUT2D eigenvalue weighted by Crippen LogP contribution is -2.07. The van der Waals surface area contributed by atoms with Crippen molar-refractivity contribution in [3.63, 3.8) is 0 Å². The molecule has 2 heterocycles. The van der Waals surface area contributed by atoms with E-state index in [-0.39, 0.29) is 5.78 Å². The number of carbonyl (C=O) groups is 1. The number of hydrogen-bond acceptors (Lipinski definition) is 5. The van der Waals surface area contributed by atoms with Gasteiger partial charge in [0.05, 0.1) is 0 Å². The average molecular weight is 265 g/mol. The molecule has 0 radical (unpaired) electrons. The van der Waals surface area contributed by atoms with Gasteiger partial charge in [-0.15, -0.1) is 10.2 Å². The first-order valence-electron chi connectivity index (χ1n) is 6.56. The molecule has 98 valence electrons. The van der Waals surface area contributed by atoms with Crippen LogP contribution in [0.1, 0.15) is 35.2 Å². The molecule has 0 N–H and O–H groups in total. The molecule has 0 atom stereocenters. The van der Waals surface area contributed by atoms with Crippen molar-refractivity contribution in [1.82, 2.24) is 24.8 Å². The quantitative estimate of drug-likeness (QED) is 0.551. The van der Waals surface area contributed by atoms with Gasteiger partial charge < -0.3 is 0 Å². The fourth-order valence-corrected chi connectivity index (χ4v) is 2.51. The predicted octanol–water partition coefficient (Wildman–Crippen LogP) is 1.68. The molecular weight excluding hydrogens is 254 g/mol. The Bertz CT molecular complexity index is 852. The van der Waals surface area contributed by atoms with Crippen molar-refractivity contribution in [1.29, 1.82) is 0 Å². The zero-order chi connectivity index (χ0) is 13.7. The van der Waals surface area contributed by atoms with Crippen molar-refractivity contribution in [2.24, 2.45) is 0 Å². The van der Waals surface area contributed by atoms with Crippen LogP contribution < -0.4 is 0 Å². The summed E-state index contributed by atoms with van der Waals surface area (Å²) in [5.74, 6) is 1.10. The summed E-state index contributed by atoms with van der Waals surface area (Å²) in [7, 11) is 0. The van der Waals surface area contributed by atoms with Gasteiger partial charge in [0.15, 0.2) is 11.5 Å². The molecule has 3 aromatic rings. The summed E-state index contributed by atoms with van der Waals surface area (Å²) >= 11 is 0. The normalized spacial score (nSPS) is 12.8. The molecule has 4 rings (SSSR count). The van der Waals surface area contributed by atoms with Crippen LogP contribution >= 0.6 is 0 Å². The molecule has 0 amide bonds. The monoisotopic (exact) mass is 265 g/mol. The Labute approximate surface area is 114 Å². The molecule has 1 aliphatic rings. The van der Waals surface area contributed by atoms with Crippen LogP contribution in [0.2, 0.25) is 0 Å². The minimum absolute atomic E-state index is 0.0823. The van der Waals surface area contributed by atoms with Crippen molar-refractivity contribution in [2.75, 3.05) is 0 Å². The lowest BCUT2D eigenvalue weighted by atomic mass is 10.1.